The van der Waals surface area contributed by atoms with Crippen LogP contribution < -0.4 is 0 Å². The standard InChI is InChI=1S/C10H8O2S/c1-12-10(11)7-4-8-2-5-9(13)6-3-8/h2-3,5-6,13H,1H3. The highest BCUT2D eigenvalue weighted by molar-refractivity contribution is 7.80. The first kappa shape index (κ1) is 9.69. The van der Waals surface area contributed by atoms with Crippen LogP contribution in [-0.2, 0) is 9.53 Å². The average Bonchev–Trinajstić information content (AvgIpc) is 2.16. The van der Waals surface area contributed by atoms with E-state index in [0.29, 0.717) is 0 Å². The molecule has 0 N–H and O–H groups in total. The van der Waals surface area contributed by atoms with Crippen molar-refractivity contribution < 1.29 is 9.53 Å². The zero-order valence-electron chi connectivity index (χ0n) is 7.07. The van der Waals surface area contributed by atoms with Gasteiger partial charge in [0.25, 0.3) is 0 Å². The summed E-state index contributed by atoms with van der Waals surface area (Å²) >= 11 is 4.12. The molecule has 1 aromatic rings. The molecule has 0 atom stereocenters. The van der Waals surface area contributed by atoms with E-state index in [1.165, 1.54) is 7.11 Å². The van der Waals surface area contributed by atoms with Crippen LogP contribution in [0.2, 0.25) is 0 Å². The summed E-state index contributed by atoms with van der Waals surface area (Å²) < 4.78 is 4.37. The smallest absolute Gasteiger partial charge is 0.384 e. The molecule has 3 heteroatoms. The van der Waals surface area contributed by atoms with Crippen LogP contribution in [0.1, 0.15) is 5.56 Å². The Morgan fingerprint density at radius 3 is 2.54 bits per heavy atom. The Bertz CT molecular complexity index is 357. The van der Waals surface area contributed by atoms with Crippen LogP contribution in [0, 0.1) is 11.8 Å². The van der Waals surface area contributed by atoms with Crippen LogP contribution in [0.25, 0.3) is 0 Å². The van der Waals surface area contributed by atoms with Gasteiger partial charge in [-0.1, -0.05) is 5.92 Å². The van der Waals surface area contributed by atoms with E-state index in [4.69, 9.17) is 0 Å². The number of ether oxygens (including phenoxy) is 1. The number of rotatable bonds is 0. The van der Waals surface area contributed by atoms with Gasteiger partial charge in [0.15, 0.2) is 0 Å². The Hall–Kier alpha value is -1.40. The predicted molar refractivity (Wildman–Crippen MR) is 52.6 cm³/mol. The molecule has 2 nitrogen and oxygen atoms in total. The lowest BCUT2D eigenvalue weighted by Crippen LogP contribution is -1.94. The van der Waals surface area contributed by atoms with E-state index in [0.717, 1.165) is 10.5 Å². The molecule has 0 amide bonds. The minimum Gasteiger partial charge on any atom is -0.459 e. The van der Waals surface area contributed by atoms with Crippen LogP contribution >= 0.6 is 12.6 Å². The lowest BCUT2D eigenvalue weighted by molar-refractivity contribution is -0.133. The van der Waals surface area contributed by atoms with Crippen molar-refractivity contribution in [3.8, 4) is 11.8 Å². The van der Waals surface area contributed by atoms with Crippen molar-refractivity contribution in [2.75, 3.05) is 7.11 Å². The van der Waals surface area contributed by atoms with E-state index in [9.17, 15) is 4.79 Å². The Balaban J connectivity index is 2.78. The van der Waals surface area contributed by atoms with Crippen molar-refractivity contribution in [2.24, 2.45) is 0 Å². The number of thiol groups is 1. The first-order valence-electron chi connectivity index (χ1n) is 3.61. The van der Waals surface area contributed by atoms with Gasteiger partial charge < -0.3 is 4.74 Å². The zero-order valence-corrected chi connectivity index (χ0v) is 7.97. The normalized spacial score (nSPS) is 8.46. The number of benzene rings is 1. The molecule has 0 unspecified atom stereocenters. The molecule has 0 fully saturated rings. The second-order valence-electron chi connectivity index (χ2n) is 2.29. The van der Waals surface area contributed by atoms with Gasteiger partial charge in [-0.15, -0.1) is 12.6 Å². The lowest BCUT2D eigenvalue weighted by Gasteiger charge is -1.90. The fourth-order valence-corrected chi connectivity index (χ4v) is 0.868. The summed E-state index contributed by atoms with van der Waals surface area (Å²) in [5, 5.41) is 0. The Kier molecular flexibility index (Phi) is 3.41. The van der Waals surface area contributed by atoms with E-state index < -0.39 is 5.97 Å². The van der Waals surface area contributed by atoms with Crippen molar-refractivity contribution in [3.63, 3.8) is 0 Å². The monoisotopic (exact) mass is 192 g/mol. The Morgan fingerprint density at radius 2 is 2.00 bits per heavy atom. The summed E-state index contributed by atoms with van der Waals surface area (Å²) in [6, 6.07) is 7.20. The van der Waals surface area contributed by atoms with Crippen molar-refractivity contribution in [3.05, 3.63) is 29.8 Å². The highest BCUT2D eigenvalue weighted by Gasteiger charge is 1.90. The molecule has 66 valence electrons. The van der Waals surface area contributed by atoms with Crippen LogP contribution in [-0.4, -0.2) is 13.1 Å². The molecule has 0 aliphatic carbocycles. The number of esters is 1. The summed E-state index contributed by atoms with van der Waals surface area (Å²) in [5.41, 5.74) is 0.767. The SMILES string of the molecule is COC(=O)C#Cc1ccc(S)cc1. The molecule has 0 saturated carbocycles. The second-order valence-corrected chi connectivity index (χ2v) is 2.80. The molecule has 1 aromatic carbocycles. The van der Waals surface area contributed by atoms with Gasteiger partial charge in [-0.05, 0) is 24.3 Å². The molecular formula is C10H8O2S. The maximum atomic E-state index is 10.6. The Labute approximate surface area is 82.3 Å². The molecular weight excluding hydrogens is 184 g/mol. The average molecular weight is 192 g/mol. The summed E-state index contributed by atoms with van der Waals surface area (Å²) in [6.45, 7) is 0. The number of carbonyl (C=O) groups excluding carboxylic acids is 1. The van der Waals surface area contributed by atoms with Crippen molar-refractivity contribution in [1.82, 2.24) is 0 Å². The number of carbonyl (C=O) groups is 1. The minimum atomic E-state index is -0.532. The van der Waals surface area contributed by atoms with E-state index in [2.05, 4.69) is 29.2 Å². The van der Waals surface area contributed by atoms with Crippen LogP contribution in [0.3, 0.4) is 0 Å². The third kappa shape index (κ3) is 3.22. The largest absolute Gasteiger partial charge is 0.459 e. The highest BCUT2D eigenvalue weighted by Crippen LogP contribution is 2.06. The first-order valence-corrected chi connectivity index (χ1v) is 4.06. The van der Waals surface area contributed by atoms with Gasteiger partial charge >= 0.3 is 5.97 Å². The van der Waals surface area contributed by atoms with Crippen molar-refractivity contribution in [2.45, 2.75) is 4.90 Å². The summed E-state index contributed by atoms with van der Waals surface area (Å²) in [4.78, 5) is 11.5. The highest BCUT2D eigenvalue weighted by atomic mass is 32.1. The maximum Gasteiger partial charge on any atom is 0.384 e. The quantitative estimate of drug-likeness (QED) is 0.383. The second kappa shape index (κ2) is 4.58. The number of methoxy groups -OCH3 is 1. The van der Waals surface area contributed by atoms with Gasteiger partial charge in [0, 0.05) is 16.4 Å². The fraction of sp³-hybridized carbons (Fsp3) is 0.100. The molecule has 0 heterocycles. The van der Waals surface area contributed by atoms with Gasteiger partial charge in [0.2, 0.25) is 0 Å². The van der Waals surface area contributed by atoms with E-state index >= 15 is 0 Å². The molecule has 13 heavy (non-hydrogen) atoms. The molecule has 0 saturated heterocycles. The predicted octanol–water partition coefficient (Wildman–Crippen LogP) is 1.50. The third-order valence-corrected chi connectivity index (χ3v) is 1.66. The fourth-order valence-electron chi connectivity index (χ4n) is 0.719. The van der Waals surface area contributed by atoms with Crippen molar-refractivity contribution in [1.29, 1.82) is 0 Å². The molecule has 1 rings (SSSR count). The van der Waals surface area contributed by atoms with Gasteiger partial charge in [0.1, 0.15) is 0 Å². The van der Waals surface area contributed by atoms with Crippen molar-refractivity contribution >= 4 is 18.6 Å². The first-order chi connectivity index (χ1) is 6.22. The van der Waals surface area contributed by atoms with E-state index in [1.807, 2.05) is 12.1 Å². The third-order valence-electron chi connectivity index (χ3n) is 1.36. The van der Waals surface area contributed by atoms with E-state index in [1.54, 1.807) is 12.1 Å². The molecule has 0 aliphatic heterocycles. The van der Waals surface area contributed by atoms with Crippen LogP contribution in [0.4, 0.5) is 0 Å². The number of hydrogen-bond acceptors (Lipinski definition) is 3. The summed E-state index contributed by atoms with van der Waals surface area (Å²) in [5.74, 6) is 4.46. The summed E-state index contributed by atoms with van der Waals surface area (Å²) in [6.07, 6.45) is 0. The van der Waals surface area contributed by atoms with Crippen LogP contribution in [0.15, 0.2) is 29.2 Å². The van der Waals surface area contributed by atoms with Gasteiger partial charge in [-0.3, -0.25) is 0 Å². The maximum absolute atomic E-state index is 10.6. The molecule has 0 aromatic heterocycles. The minimum absolute atomic E-state index is 0.532. The Morgan fingerprint density at radius 1 is 1.38 bits per heavy atom. The topological polar surface area (TPSA) is 26.3 Å². The molecule has 0 aliphatic rings. The van der Waals surface area contributed by atoms with Gasteiger partial charge in [-0.25, -0.2) is 4.79 Å². The molecule has 0 spiro atoms. The van der Waals surface area contributed by atoms with Gasteiger partial charge in [0.05, 0.1) is 7.11 Å². The molecule has 0 radical (unpaired) electrons. The zero-order chi connectivity index (χ0) is 9.68. The number of hydrogen-bond donors (Lipinski definition) is 1. The summed E-state index contributed by atoms with van der Waals surface area (Å²) in [7, 11) is 1.30. The lowest BCUT2D eigenvalue weighted by atomic mass is 10.2. The molecule has 0 bridgehead atoms. The van der Waals surface area contributed by atoms with E-state index in [-0.39, 0.29) is 0 Å². The van der Waals surface area contributed by atoms with Gasteiger partial charge in [-0.2, -0.15) is 0 Å². The van der Waals surface area contributed by atoms with Crippen LogP contribution in [0.5, 0.6) is 0 Å².